The maximum atomic E-state index is 13.1. The van der Waals surface area contributed by atoms with E-state index in [0.29, 0.717) is 18.0 Å². The number of carbonyl (C=O) groups is 1. The quantitative estimate of drug-likeness (QED) is 0.450. The second-order valence-corrected chi connectivity index (χ2v) is 11.1. The summed E-state index contributed by atoms with van der Waals surface area (Å²) in [6.07, 6.45) is 1.67. The van der Waals surface area contributed by atoms with Crippen LogP contribution >= 0.6 is 10.6 Å². The summed E-state index contributed by atoms with van der Waals surface area (Å²) in [4.78, 5) is 20.6. The summed E-state index contributed by atoms with van der Waals surface area (Å²) >= 11 is 0. The number of benzene rings is 2. The Hall–Kier alpha value is -2.65. The molecule has 0 saturated carbocycles. The van der Waals surface area contributed by atoms with Gasteiger partial charge in [0.1, 0.15) is 5.82 Å². The van der Waals surface area contributed by atoms with Crippen LogP contribution in [0, 0.1) is 12.8 Å². The molecule has 2 aliphatic rings. The number of carbonyl (C=O) groups excluding carboxylic acids is 1. The highest BCUT2D eigenvalue weighted by atomic mass is 32.3. The van der Waals surface area contributed by atoms with E-state index in [1.807, 2.05) is 43.3 Å². The number of rotatable bonds is 3. The zero-order chi connectivity index (χ0) is 23.0. The van der Waals surface area contributed by atoms with Crippen molar-refractivity contribution in [2.24, 2.45) is 5.92 Å². The molecule has 0 spiro atoms. The fourth-order valence-corrected chi connectivity index (χ4v) is 6.23. The van der Waals surface area contributed by atoms with Crippen LogP contribution in [-0.2, 0) is 11.3 Å². The van der Waals surface area contributed by atoms with E-state index < -0.39 is 10.6 Å². The van der Waals surface area contributed by atoms with Crippen molar-refractivity contribution >= 4 is 38.9 Å². The van der Waals surface area contributed by atoms with Crippen molar-refractivity contribution < 1.29 is 13.9 Å². The minimum atomic E-state index is -2.86. The molecule has 3 heterocycles. The molecule has 7 nitrogen and oxygen atoms in total. The van der Waals surface area contributed by atoms with Crippen molar-refractivity contribution in [2.45, 2.75) is 31.2 Å². The van der Waals surface area contributed by atoms with Gasteiger partial charge in [-0.05, 0) is 56.6 Å². The second kappa shape index (κ2) is 8.95. The van der Waals surface area contributed by atoms with Crippen molar-refractivity contribution in [3.05, 3.63) is 59.7 Å². The maximum absolute atomic E-state index is 13.1. The predicted molar refractivity (Wildman–Crippen MR) is 134 cm³/mol. The zero-order valence-electron chi connectivity index (χ0n) is 18.8. The van der Waals surface area contributed by atoms with E-state index in [9.17, 15) is 13.9 Å². The lowest BCUT2D eigenvalue weighted by Gasteiger charge is -2.32. The zero-order valence-corrected chi connectivity index (χ0v) is 19.6. The highest BCUT2D eigenvalue weighted by Crippen LogP contribution is 2.51. The monoisotopic (exact) mass is 466 g/mol. The molecule has 1 saturated heterocycles. The molecule has 33 heavy (non-hydrogen) atoms. The largest absolute Gasteiger partial charge is 0.351 e. The van der Waals surface area contributed by atoms with E-state index in [4.69, 9.17) is 4.98 Å². The van der Waals surface area contributed by atoms with E-state index in [1.54, 1.807) is 6.07 Å². The third-order valence-electron chi connectivity index (χ3n) is 6.57. The number of hydrogen-bond acceptors (Lipinski definition) is 6. The van der Waals surface area contributed by atoms with Crippen molar-refractivity contribution in [1.82, 2.24) is 10.3 Å². The number of hydrogen-bond donors (Lipinski definition) is 4. The van der Waals surface area contributed by atoms with E-state index in [-0.39, 0.29) is 17.6 Å². The summed E-state index contributed by atoms with van der Waals surface area (Å²) in [6, 6.07) is 15.5. The molecule has 174 valence electrons. The van der Waals surface area contributed by atoms with E-state index in [1.165, 1.54) is 0 Å². The molecule has 1 amide bonds. The van der Waals surface area contributed by atoms with Crippen LogP contribution in [0.4, 0.5) is 11.5 Å². The highest BCUT2D eigenvalue weighted by molar-refractivity contribution is 8.24. The van der Waals surface area contributed by atoms with Crippen LogP contribution in [-0.4, -0.2) is 45.4 Å². The summed E-state index contributed by atoms with van der Waals surface area (Å²) in [6.45, 7) is 4.74. The normalized spacial score (nSPS) is 19.5. The number of amides is 1. The van der Waals surface area contributed by atoms with Gasteiger partial charge in [-0.2, -0.15) is 10.6 Å². The molecule has 0 radical (unpaired) electrons. The van der Waals surface area contributed by atoms with Gasteiger partial charge >= 0.3 is 0 Å². The number of aryl methyl sites for hydroxylation is 1. The van der Waals surface area contributed by atoms with Gasteiger partial charge in [0.05, 0.1) is 21.9 Å². The number of piperidine rings is 1. The van der Waals surface area contributed by atoms with E-state index >= 15 is 0 Å². The number of anilines is 2. The summed E-state index contributed by atoms with van der Waals surface area (Å²) in [7, 11) is -2.86. The Morgan fingerprint density at radius 1 is 1.15 bits per heavy atom. The average Bonchev–Trinajstić information content (AvgIpc) is 2.96. The standard InChI is InChI=1S/C25H30N4O3S/c1-17-6-7-21-20(14-17)22(28-25(30)18-8-10-26-11-9-18)15-24(27-21)29-12-13-33(31,32)23-5-3-2-4-19(23)16-29/h2-7,14-15,18,26,31-32H,8-13,16H2,1H3,(H,27,28,30). The highest BCUT2D eigenvalue weighted by Gasteiger charge is 2.27. The molecule has 1 aromatic heterocycles. The van der Waals surface area contributed by atoms with Crippen molar-refractivity contribution in [2.75, 3.05) is 35.6 Å². The van der Waals surface area contributed by atoms with Crippen LogP contribution in [0.25, 0.3) is 10.9 Å². The minimum absolute atomic E-state index is 0.000724. The molecule has 8 heteroatoms. The average molecular weight is 467 g/mol. The molecular formula is C25H30N4O3S. The van der Waals surface area contributed by atoms with Gasteiger partial charge in [-0.15, -0.1) is 0 Å². The molecule has 2 aliphatic heterocycles. The molecule has 0 bridgehead atoms. The van der Waals surface area contributed by atoms with Crippen molar-refractivity contribution in [3.63, 3.8) is 0 Å². The van der Waals surface area contributed by atoms with Gasteiger partial charge in [0.15, 0.2) is 0 Å². The van der Waals surface area contributed by atoms with E-state index in [2.05, 4.69) is 21.6 Å². The molecular weight excluding hydrogens is 436 g/mol. The van der Waals surface area contributed by atoms with Crippen LogP contribution in [0.15, 0.2) is 53.4 Å². The van der Waals surface area contributed by atoms with Gasteiger partial charge in [-0.1, -0.05) is 29.8 Å². The van der Waals surface area contributed by atoms with E-state index in [0.717, 1.165) is 59.5 Å². The molecule has 5 rings (SSSR count). The first-order chi connectivity index (χ1) is 15.9. The number of nitrogens with one attached hydrogen (secondary N) is 2. The molecule has 3 aromatic rings. The Morgan fingerprint density at radius 2 is 1.94 bits per heavy atom. The van der Waals surface area contributed by atoms with Crippen LogP contribution in [0.2, 0.25) is 0 Å². The Balaban J connectivity index is 1.52. The Morgan fingerprint density at radius 3 is 2.76 bits per heavy atom. The fraction of sp³-hybridized carbons (Fsp3) is 0.360. The lowest BCUT2D eigenvalue weighted by atomic mass is 9.97. The van der Waals surface area contributed by atoms with Gasteiger partial charge in [-0.25, -0.2) is 4.98 Å². The van der Waals surface area contributed by atoms with Gasteiger partial charge in [0.25, 0.3) is 0 Å². The second-order valence-electron chi connectivity index (χ2n) is 8.96. The van der Waals surface area contributed by atoms with Crippen molar-refractivity contribution in [3.8, 4) is 0 Å². The maximum Gasteiger partial charge on any atom is 0.227 e. The fourth-order valence-electron chi connectivity index (χ4n) is 4.69. The predicted octanol–water partition coefficient (Wildman–Crippen LogP) is 4.61. The van der Waals surface area contributed by atoms with Gasteiger partial charge in [-0.3, -0.25) is 13.9 Å². The van der Waals surface area contributed by atoms with Gasteiger partial charge < -0.3 is 15.5 Å². The Labute approximate surface area is 195 Å². The molecule has 0 atom stereocenters. The third-order valence-corrected chi connectivity index (χ3v) is 8.43. The first-order valence-electron chi connectivity index (χ1n) is 11.4. The number of aromatic nitrogens is 1. The first-order valence-corrected chi connectivity index (χ1v) is 13.1. The number of nitrogens with zero attached hydrogens (tertiary/aromatic N) is 2. The Kier molecular flexibility index (Phi) is 6.01. The van der Waals surface area contributed by atoms with Crippen molar-refractivity contribution in [1.29, 1.82) is 0 Å². The van der Waals surface area contributed by atoms with Crippen LogP contribution in [0.3, 0.4) is 0 Å². The summed E-state index contributed by atoms with van der Waals surface area (Å²) in [5.41, 5.74) is 3.56. The molecule has 2 aromatic carbocycles. The summed E-state index contributed by atoms with van der Waals surface area (Å²) < 4.78 is 21.4. The van der Waals surface area contributed by atoms with Crippen LogP contribution in [0.1, 0.15) is 24.0 Å². The van der Waals surface area contributed by atoms with Crippen LogP contribution in [0.5, 0.6) is 0 Å². The summed E-state index contributed by atoms with van der Waals surface area (Å²) in [5.74, 6) is 1.01. The lowest BCUT2D eigenvalue weighted by molar-refractivity contribution is -0.120. The topological polar surface area (TPSA) is 97.7 Å². The lowest BCUT2D eigenvalue weighted by Crippen LogP contribution is -2.34. The Bertz CT molecular complexity index is 1190. The first kappa shape index (κ1) is 22.2. The smallest absolute Gasteiger partial charge is 0.227 e. The molecule has 0 unspecified atom stereocenters. The van der Waals surface area contributed by atoms with Gasteiger partial charge in [0, 0.05) is 30.5 Å². The number of fused-ring (bicyclic) bond motifs is 2. The summed E-state index contributed by atoms with van der Waals surface area (Å²) in [5, 5.41) is 7.41. The van der Waals surface area contributed by atoms with Crippen LogP contribution < -0.4 is 15.5 Å². The van der Waals surface area contributed by atoms with Gasteiger partial charge in [0.2, 0.25) is 5.91 Å². The SMILES string of the molecule is Cc1ccc2nc(N3CCS(O)(O)c4ccccc4C3)cc(NC(=O)C3CCNCC3)c2c1. The molecule has 4 N–H and O–H groups in total. The molecule has 0 aliphatic carbocycles. The number of pyridine rings is 1. The third kappa shape index (κ3) is 4.56. The molecule has 1 fully saturated rings. The minimum Gasteiger partial charge on any atom is -0.351 e.